The number of rotatable bonds is 3. The zero-order chi connectivity index (χ0) is 14.0. The number of ether oxygens (including phenoxy) is 1. The van der Waals surface area contributed by atoms with E-state index in [1.54, 1.807) is 6.92 Å². The Balaban J connectivity index is 2.56. The van der Waals surface area contributed by atoms with E-state index in [9.17, 15) is 13.2 Å². The third kappa shape index (κ3) is 2.57. The average Bonchev–Trinajstić information content (AvgIpc) is 2.38. The van der Waals surface area contributed by atoms with Crippen LogP contribution in [0.25, 0.3) is 11.1 Å². The van der Waals surface area contributed by atoms with Gasteiger partial charge in [0.25, 0.3) is 0 Å². The highest BCUT2D eigenvalue weighted by atomic mass is 19.1. The van der Waals surface area contributed by atoms with Crippen LogP contribution >= 0.6 is 0 Å². The summed E-state index contributed by atoms with van der Waals surface area (Å²) in [5.74, 6) is -2.00. The molecule has 0 radical (unpaired) electrons. The van der Waals surface area contributed by atoms with E-state index in [0.29, 0.717) is 12.0 Å². The first-order valence-electron chi connectivity index (χ1n) is 5.88. The van der Waals surface area contributed by atoms with Crippen molar-refractivity contribution in [3.63, 3.8) is 0 Å². The summed E-state index contributed by atoms with van der Waals surface area (Å²) >= 11 is 0. The lowest BCUT2D eigenvalue weighted by molar-refractivity contribution is 0.386. The second-order valence-electron chi connectivity index (χ2n) is 4.14. The van der Waals surface area contributed by atoms with Crippen molar-refractivity contribution < 1.29 is 17.9 Å². The monoisotopic (exact) mass is 266 g/mol. The van der Waals surface area contributed by atoms with E-state index in [-0.39, 0.29) is 16.9 Å². The Labute approximate surface area is 109 Å². The van der Waals surface area contributed by atoms with Crippen LogP contribution in [0.4, 0.5) is 13.2 Å². The highest BCUT2D eigenvalue weighted by Gasteiger charge is 2.14. The normalized spacial score (nSPS) is 10.6. The van der Waals surface area contributed by atoms with Gasteiger partial charge >= 0.3 is 0 Å². The maximum Gasteiger partial charge on any atom is 0.165 e. The van der Waals surface area contributed by atoms with E-state index < -0.39 is 17.5 Å². The number of benzene rings is 2. The lowest BCUT2D eigenvalue weighted by atomic mass is 10.0. The van der Waals surface area contributed by atoms with E-state index in [1.165, 1.54) is 31.4 Å². The molecule has 0 unspecified atom stereocenters. The van der Waals surface area contributed by atoms with Crippen molar-refractivity contribution in [2.45, 2.75) is 13.3 Å². The van der Waals surface area contributed by atoms with Crippen molar-refractivity contribution in [1.29, 1.82) is 0 Å². The predicted octanol–water partition coefficient (Wildman–Crippen LogP) is 4.34. The van der Waals surface area contributed by atoms with Gasteiger partial charge in [-0.25, -0.2) is 13.2 Å². The molecule has 0 aliphatic heterocycles. The Morgan fingerprint density at radius 3 is 2.05 bits per heavy atom. The van der Waals surface area contributed by atoms with Gasteiger partial charge < -0.3 is 4.74 Å². The van der Waals surface area contributed by atoms with E-state index in [0.717, 1.165) is 6.07 Å². The fraction of sp³-hybridized carbons (Fsp3) is 0.200. The molecule has 2 rings (SSSR count). The van der Waals surface area contributed by atoms with Crippen molar-refractivity contribution in [2.75, 3.05) is 7.11 Å². The highest BCUT2D eigenvalue weighted by Crippen LogP contribution is 2.30. The molecular weight excluding hydrogens is 253 g/mol. The molecule has 0 bridgehead atoms. The predicted molar refractivity (Wildman–Crippen MR) is 67.7 cm³/mol. The van der Waals surface area contributed by atoms with E-state index >= 15 is 0 Å². The highest BCUT2D eigenvalue weighted by molar-refractivity contribution is 5.66. The molecule has 0 spiro atoms. The SMILES string of the molecule is CCc1cc(F)c(-c2ccc(OC)c(F)c2)c(F)c1. The minimum Gasteiger partial charge on any atom is -0.494 e. The van der Waals surface area contributed by atoms with Crippen molar-refractivity contribution in [3.05, 3.63) is 53.3 Å². The molecular formula is C15H13F3O. The molecule has 19 heavy (non-hydrogen) atoms. The first-order chi connectivity index (χ1) is 9.06. The number of halogens is 3. The number of aryl methyl sites for hydroxylation is 1. The quantitative estimate of drug-likeness (QED) is 0.803. The largest absolute Gasteiger partial charge is 0.494 e. The summed E-state index contributed by atoms with van der Waals surface area (Å²) in [4.78, 5) is 0. The molecule has 0 N–H and O–H groups in total. The van der Waals surface area contributed by atoms with Gasteiger partial charge in [0.05, 0.1) is 12.7 Å². The maximum atomic E-state index is 13.9. The summed E-state index contributed by atoms with van der Waals surface area (Å²) in [6.45, 7) is 1.81. The van der Waals surface area contributed by atoms with Crippen LogP contribution in [0.1, 0.15) is 12.5 Å². The zero-order valence-electron chi connectivity index (χ0n) is 10.6. The average molecular weight is 266 g/mol. The first-order valence-corrected chi connectivity index (χ1v) is 5.88. The smallest absolute Gasteiger partial charge is 0.165 e. The van der Waals surface area contributed by atoms with Crippen LogP contribution in [0.15, 0.2) is 30.3 Å². The van der Waals surface area contributed by atoms with Crippen molar-refractivity contribution >= 4 is 0 Å². The van der Waals surface area contributed by atoms with Gasteiger partial charge in [-0.05, 0) is 41.8 Å². The molecule has 0 heterocycles. The van der Waals surface area contributed by atoms with Gasteiger partial charge in [0, 0.05) is 0 Å². The van der Waals surface area contributed by atoms with Crippen molar-refractivity contribution in [1.82, 2.24) is 0 Å². The van der Waals surface area contributed by atoms with E-state index in [4.69, 9.17) is 4.74 Å². The van der Waals surface area contributed by atoms with Crippen LogP contribution in [-0.4, -0.2) is 7.11 Å². The Bertz CT molecular complexity index is 585. The summed E-state index contributed by atoms with van der Waals surface area (Å²) in [7, 11) is 1.33. The fourth-order valence-electron chi connectivity index (χ4n) is 1.93. The van der Waals surface area contributed by atoms with E-state index in [2.05, 4.69) is 0 Å². The van der Waals surface area contributed by atoms with Gasteiger partial charge in [-0.15, -0.1) is 0 Å². The lowest BCUT2D eigenvalue weighted by Gasteiger charge is -2.09. The third-order valence-corrected chi connectivity index (χ3v) is 2.95. The molecule has 0 aromatic heterocycles. The first kappa shape index (κ1) is 13.5. The Morgan fingerprint density at radius 2 is 1.58 bits per heavy atom. The van der Waals surface area contributed by atoms with Crippen molar-refractivity contribution in [3.8, 4) is 16.9 Å². The lowest BCUT2D eigenvalue weighted by Crippen LogP contribution is -1.95. The van der Waals surface area contributed by atoms with Gasteiger partial charge in [-0.1, -0.05) is 13.0 Å². The molecule has 0 saturated heterocycles. The molecule has 2 aromatic carbocycles. The van der Waals surface area contributed by atoms with Gasteiger partial charge in [-0.2, -0.15) is 0 Å². The van der Waals surface area contributed by atoms with Crippen LogP contribution in [-0.2, 0) is 6.42 Å². The van der Waals surface area contributed by atoms with Crippen LogP contribution in [0.2, 0.25) is 0 Å². The van der Waals surface area contributed by atoms with Gasteiger partial charge in [-0.3, -0.25) is 0 Å². The molecule has 0 atom stereocenters. The maximum absolute atomic E-state index is 13.9. The topological polar surface area (TPSA) is 9.23 Å². The Hall–Kier alpha value is -1.97. The van der Waals surface area contributed by atoms with Gasteiger partial charge in [0.2, 0.25) is 0 Å². The minimum atomic E-state index is -0.693. The molecule has 0 aliphatic carbocycles. The minimum absolute atomic E-state index is 0.0368. The number of hydrogen-bond acceptors (Lipinski definition) is 1. The molecule has 2 aromatic rings. The van der Waals surface area contributed by atoms with E-state index in [1.807, 2.05) is 0 Å². The summed E-state index contributed by atoms with van der Waals surface area (Å²) in [5, 5.41) is 0. The molecule has 4 heteroatoms. The Morgan fingerprint density at radius 1 is 0.947 bits per heavy atom. The van der Waals surface area contributed by atoms with Crippen LogP contribution in [0, 0.1) is 17.5 Å². The third-order valence-electron chi connectivity index (χ3n) is 2.95. The fourth-order valence-corrected chi connectivity index (χ4v) is 1.93. The second-order valence-corrected chi connectivity index (χ2v) is 4.14. The zero-order valence-corrected chi connectivity index (χ0v) is 10.6. The number of hydrogen-bond donors (Lipinski definition) is 0. The van der Waals surface area contributed by atoms with Crippen molar-refractivity contribution in [2.24, 2.45) is 0 Å². The Kier molecular flexibility index (Phi) is 3.79. The molecule has 100 valence electrons. The molecule has 0 fully saturated rings. The van der Waals surface area contributed by atoms with Crippen LogP contribution in [0.3, 0.4) is 0 Å². The van der Waals surface area contributed by atoms with Crippen LogP contribution in [0.5, 0.6) is 5.75 Å². The molecule has 0 amide bonds. The summed E-state index contributed by atoms with van der Waals surface area (Å²) in [6, 6.07) is 6.36. The summed E-state index contributed by atoms with van der Waals surface area (Å²) in [5.41, 5.74) is 0.488. The standard InChI is InChI=1S/C15H13F3O/c1-3-9-6-12(17)15(13(18)7-9)10-4-5-14(19-2)11(16)8-10/h4-8H,3H2,1-2H3. The van der Waals surface area contributed by atoms with Crippen LogP contribution < -0.4 is 4.74 Å². The second kappa shape index (κ2) is 5.34. The molecule has 0 aliphatic rings. The van der Waals surface area contributed by atoms with Gasteiger partial charge in [0.15, 0.2) is 11.6 Å². The molecule has 0 saturated carbocycles. The molecule has 1 nitrogen and oxygen atoms in total. The summed E-state index contributed by atoms with van der Waals surface area (Å²) in [6.07, 6.45) is 0.533. The van der Waals surface area contributed by atoms with Gasteiger partial charge in [0.1, 0.15) is 11.6 Å². The summed E-state index contributed by atoms with van der Waals surface area (Å²) < 4.78 is 46.2. The number of methoxy groups -OCH3 is 1.